The lowest BCUT2D eigenvalue weighted by Gasteiger charge is -2.12. The van der Waals surface area contributed by atoms with E-state index in [9.17, 15) is 4.21 Å². The topological polar surface area (TPSA) is 29.1 Å². The van der Waals surface area contributed by atoms with E-state index in [4.69, 9.17) is 11.6 Å². The lowest BCUT2D eigenvalue weighted by atomic mass is 10.2. The van der Waals surface area contributed by atoms with Gasteiger partial charge in [0.05, 0.1) is 10.8 Å². The minimum Gasteiger partial charge on any atom is -0.314 e. The van der Waals surface area contributed by atoms with E-state index in [0.29, 0.717) is 16.8 Å². The van der Waals surface area contributed by atoms with Crippen molar-refractivity contribution in [2.75, 3.05) is 12.3 Å². The Kier molecular flexibility index (Phi) is 7.56. The predicted octanol–water partition coefficient (Wildman–Crippen LogP) is 3.62. The quantitative estimate of drug-likeness (QED) is 0.791. The van der Waals surface area contributed by atoms with E-state index < -0.39 is 10.8 Å². The number of rotatable bonds is 8. The summed E-state index contributed by atoms with van der Waals surface area (Å²) >= 11 is 5.89. The van der Waals surface area contributed by atoms with Gasteiger partial charge in [-0.2, -0.15) is 0 Å². The second-order valence-corrected chi connectivity index (χ2v) is 6.51. The molecule has 1 aromatic carbocycles. The highest BCUT2D eigenvalue weighted by Crippen LogP contribution is 2.15. The van der Waals surface area contributed by atoms with Gasteiger partial charge in [-0.15, -0.1) is 0 Å². The molecule has 1 N–H and O–H groups in total. The van der Waals surface area contributed by atoms with Crippen molar-refractivity contribution >= 4 is 22.4 Å². The van der Waals surface area contributed by atoms with Gasteiger partial charge >= 0.3 is 0 Å². The third-order valence-electron chi connectivity index (χ3n) is 2.77. The molecule has 0 saturated carbocycles. The molecule has 18 heavy (non-hydrogen) atoms. The van der Waals surface area contributed by atoms with Crippen LogP contribution in [0.1, 0.15) is 33.1 Å². The number of benzene rings is 1. The van der Waals surface area contributed by atoms with Crippen LogP contribution in [0.5, 0.6) is 0 Å². The van der Waals surface area contributed by atoms with Gasteiger partial charge in [-0.3, -0.25) is 4.21 Å². The molecular weight excluding hydrogens is 266 g/mol. The molecular formula is C14H22ClNOS. The maximum atomic E-state index is 12.0. The second-order valence-electron chi connectivity index (χ2n) is 4.50. The van der Waals surface area contributed by atoms with Crippen molar-refractivity contribution in [3.05, 3.63) is 29.3 Å². The van der Waals surface area contributed by atoms with Gasteiger partial charge < -0.3 is 5.32 Å². The lowest BCUT2D eigenvalue weighted by molar-refractivity contribution is 0.509. The SMILES string of the molecule is CCCNC(C)CCCS(=O)c1cccc(Cl)c1. The molecule has 2 unspecified atom stereocenters. The molecule has 0 bridgehead atoms. The predicted molar refractivity (Wildman–Crippen MR) is 79.7 cm³/mol. The molecule has 1 aromatic rings. The van der Waals surface area contributed by atoms with Gasteiger partial charge in [0, 0.05) is 21.7 Å². The van der Waals surface area contributed by atoms with Crippen LogP contribution in [0.25, 0.3) is 0 Å². The molecule has 102 valence electrons. The maximum absolute atomic E-state index is 12.0. The van der Waals surface area contributed by atoms with Crippen LogP contribution in [-0.4, -0.2) is 22.5 Å². The second kappa shape index (κ2) is 8.68. The Balaban J connectivity index is 2.29. The van der Waals surface area contributed by atoms with Crippen LogP contribution in [0, 0.1) is 0 Å². The van der Waals surface area contributed by atoms with E-state index in [1.54, 1.807) is 12.1 Å². The van der Waals surface area contributed by atoms with Gasteiger partial charge in [0.15, 0.2) is 0 Å². The summed E-state index contributed by atoms with van der Waals surface area (Å²) in [6, 6.07) is 7.82. The van der Waals surface area contributed by atoms with Gasteiger partial charge in [-0.25, -0.2) is 0 Å². The van der Waals surface area contributed by atoms with Crippen molar-refractivity contribution in [1.29, 1.82) is 0 Å². The van der Waals surface area contributed by atoms with Crippen LogP contribution >= 0.6 is 11.6 Å². The summed E-state index contributed by atoms with van der Waals surface area (Å²) in [6.07, 6.45) is 3.18. The van der Waals surface area contributed by atoms with E-state index in [0.717, 1.165) is 30.7 Å². The number of halogens is 1. The van der Waals surface area contributed by atoms with Gasteiger partial charge in [-0.1, -0.05) is 24.6 Å². The Morgan fingerprint density at radius 1 is 1.44 bits per heavy atom. The van der Waals surface area contributed by atoms with Crippen molar-refractivity contribution in [2.45, 2.75) is 44.0 Å². The minimum absolute atomic E-state index is 0.501. The minimum atomic E-state index is -0.928. The van der Waals surface area contributed by atoms with E-state index in [1.807, 2.05) is 12.1 Å². The molecule has 2 atom stereocenters. The maximum Gasteiger partial charge on any atom is 0.0530 e. The van der Waals surface area contributed by atoms with Crippen LogP contribution in [0.15, 0.2) is 29.2 Å². The van der Waals surface area contributed by atoms with E-state index in [2.05, 4.69) is 19.2 Å². The van der Waals surface area contributed by atoms with Crippen LogP contribution in [0.4, 0.5) is 0 Å². The first kappa shape index (κ1) is 15.7. The average Bonchev–Trinajstić information content (AvgIpc) is 2.36. The molecule has 0 fully saturated rings. The molecule has 2 nitrogen and oxygen atoms in total. The first-order valence-corrected chi connectivity index (χ1v) is 8.20. The molecule has 0 amide bonds. The molecule has 0 saturated heterocycles. The number of hydrogen-bond acceptors (Lipinski definition) is 2. The molecule has 0 aliphatic heterocycles. The highest BCUT2D eigenvalue weighted by atomic mass is 35.5. The van der Waals surface area contributed by atoms with Crippen LogP contribution in [0.3, 0.4) is 0 Å². The Morgan fingerprint density at radius 2 is 2.22 bits per heavy atom. The van der Waals surface area contributed by atoms with Gasteiger partial charge in [-0.05, 0) is 50.9 Å². The lowest BCUT2D eigenvalue weighted by Crippen LogP contribution is -2.26. The Labute approximate surface area is 118 Å². The van der Waals surface area contributed by atoms with Crippen molar-refractivity contribution in [3.8, 4) is 0 Å². The molecule has 4 heteroatoms. The molecule has 1 rings (SSSR count). The molecule has 0 radical (unpaired) electrons. The summed E-state index contributed by atoms with van der Waals surface area (Å²) in [7, 11) is -0.928. The average molecular weight is 288 g/mol. The third-order valence-corrected chi connectivity index (χ3v) is 4.44. The standard InChI is InChI=1S/C14H22ClNOS/c1-3-9-16-12(2)6-5-10-18(17)14-8-4-7-13(15)11-14/h4,7-8,11-12,16H,3,5-6,9-10H2,1-2H3. The van der Waals surface area contributed by atoms with Gasteiger partial charge in [0.25, 0.3) is 0 Å². The van der Waals surface area contributed by atoms with E-state index in [-0.39, 0.29) is 0 Å². The molecule has 0 aromatic heterocycles. The number of nitrogens with one attached hydrogen (secondary N) is 1. The zero-order chi connectivity index (χ0) is 13.4. The molecule has 0 aliphatic carbocycles. The van der Waals surface area contributed by atoms with Crippen molar-refractivity contribution in [3.63, 3.8) is 0 Å². The third kappa shape index (κ3) is 5.98. The highest BCUT2D eigenvalue weighted by molar-refractivity contribution is 7.85. The van der Waals surface area contributed by atoms with Crippen LogP contribution < -0.4 is 5.32 Å². The monoisotopic (exact) mass is 287 g/mol. The van der Waals surface area contributed by atoms with Crippen molar-refractivity contribution in [1.82, 2.24) is 5.32 Å². The Morgan fingerprint density at radius 3 is 2.89 bits per heavy atom. The first-order chi connectivity index (χ1) is 8.63. The van der Waals surface area contributed by atoms with Crippen LogP contribution in [-0.2, 0) is 10.8 Å². The molecule has 0 heterocycles. The smallest absolute Gasteiger partial charge is 0.0530 e. The molecule has 0 spiro atoms. The fourth-order valence-corrected chi connectivity index (χ4v) is 3.15. The van der Waals surface area contributed by atoms with E-state index >= 15 is 0 Å². The highest BCUT2D eigenvalue weighted by Gasteiger charge is 2.06. The largest absolute Gasteiger partial charge is 0.314 e. The van der Waals surface area contributed by atoms with Crippen molar-refractivity contribution < 1.29 is 4.21 Å². The fourth-order valence-electron chi connectivity index (χ4n) is 1.74. The summed E-state index contributed by atoms with van der Waals surface area (Å²) < 4.78 is 12.0. The van der Waals surface area contributed by atoms with Gasteiger partial charge in [0.1, 0.15) is 0 Å². The normalized spacial score (nSPS) is 14.4. The van der Waals surface area contributed by atoms with Crippen LogP contribution in [0.2, 0.25) is 5.02 Å². The number of hydrogen-bond donors (Lipinski definition) is 1. The molecule has 0 aliphatic rings. The first-order valence-electron chi connectivity index (χ1n) is 6.50. The van der Waals surface area contributed by atoms with E-state index in [1.165, 1.54) is 0 Å². The summed E-state index contributed by atoms with van der Waals surface area (Å²) in [5.41, 5.74) is 0. The zero-order valence-corrected chi connectivity index (χ0v) is 12.7. The summed E-state index contributed by atoms with van der Waals surface area (Å²) in [5.74, 6) is 0.707. The summed E-state index contributed by atoms with van der Waals surface area (Å²) in [6.45, 7) is 5.39. The zero-order valence-electron chi connectivity index (χ0n) is 11.1. The summed E-state index contributed by atoms with van der Waals surface area (Å²) in [5, 5.41) is 4.09. The summed E-state index contributed by atoms with van der Waals surface area (Å²) in [4.78, 5) is 0.830. The Hall–Kier alpha value is -0.380. The van der Waals surface area contributed by atoms with Crippen molar-refractivity contribution in [2.24, 2.45) is 0 Å². The Bertz CT molecular complexity index is 384. The fraction of sp³-hybridized carbons (Fsp3) is 0.571. The van der Waals surface area contributed by atoms with Gasteiger partial charge in [0.2, 0.25) is 0 Å².